The van der Waals surface area contributed by atoms with E-state index in [2.05, 4.69) is 5.32 Å². The molecule has 0 heterocycles. The lowest BCUT2D eigenvalue weighted by molar-refractivity contribution is -0.384. The molecule has 1 aromatic rings. The summed E-state index contributed by atoms with van der Waals surface area (Å²) >= 11 is 0. The van der Waals surface area contributed by atoms with Crippen molar-refractivity contribution < 1.29 is 24.7 Å². The summed E-state index contributed by atoms with van der Waals surface area (Å²) in [5.74, 6) is -2.23. The number of hydrogen-bond acceptors (Lipinski definition) is 5. The molecule has 0 spiro atoms. The number of hydrogen-bond donors (Lipinski definition) is 3. The lowest BCUT2D eigenvalue weighted by atomic mass is 10.1. The van der Waals surface area contributed by atoms with Gasteiger partial charge in [-0.2, -0.15) is 0 Å². The molecule has 0 saturated heterocycles. The summed E-state index contributed by atoms with van der Waals surface area (Å²) in [5.41, 5.74) is 0.475. The number of carbonyl (C=O) groups is 2. The molecule has 20 heavy (non-hydrogen) atoms. The Bertz CT molecular complexity index is 516. The Labute approximate surface area is 114 Å². The molecule has 108 valence electrons. The van der Waals surface area contributed by atoms with Gasteiger partial charge in [-0.15, -0.1) is 0 Å². The van der Waals surface area contributed by atoms with Crippen LogP contribution in [0.15, 0.2) is 24.3 Å². The van der Waals surface area contributed by atoms with Crippen molar-refractivity contribution in [2.45, 2.75) is 25.4 Å². The van der Waals surface area contributed by atoms with Crippen LogP contribution < -0.4 is 5.32 Å². The van der Waals surface area contributed by atoms with Crippen molar-refractivity contribution in [3.05, 3.63) is 39.9 Å². The summed E-state index contributed by atoms with van der Waals surface area (Å²) in [6, 6.07) is 4.79. The van der Waals surface area contributed by atoms with Gasteiger partial charge in [-0.25, -0.2) is 0 Å². The summed E-state index contributed by atoms with van der Waals surface area (Å²) in [6.07, 6.45) is -0.321. The maximum Gasteiger partial charge on any atom is 0.320 e. The minimum absolute atomic E-state index is 0.0560. The Balaban J connectivity index is 2.62. The molecule has 1 unspecified atom stereocenters. The average molecular weight is 282 g/mol. The smallest absolute Gasteiger partial charge is 0.320 e. The molecule has 0 fully saturated rings. The van der Waals surface area contributed by atoms with Crippen LogP contribution >= 0.6 is 0 Å². The molecule has 1 atom stereocenters. The number of carboxylic acids is 2. The maximum atomic E-state index is 10.9. The van der Waals surface area contributed by atoms with Crippen molar-refractivity contribution in [3.8, 4) is 0 Å². The molecule has 0 aromatic heterocycles. The quantitative estimate of drug-likeness (QED) is 0.479. The molecular weight excluding hydrogens is 268 g/mol. The fraction of sp³-hybridized carbons (Fsp3) is 0.333. The zero-order valence-corrected chi connectivity index (χ0v) is 10.5. The lowest BCUT2D eigenvalue weighted by Crippen LogP contribution is -2.36. The first-order chi connectivity index (χ1) is 9.40. The van der Waals surface area contributed by atoms with Crippen LogP contribution in [0.1, 0.15) is 18.4 Å². The fourth-order valence-electron chi connectivity index (χ4n) is 1.60. The van der Waals surface area contributed by atoms with Gasteiger partial charge in [0.05, 0.1) is 4.92 Å². The molecule has 3 N–H and O–H groups in total. The van der Waals surface area contributed by atoms with Crippen LogP contribution in [0.4, 0.5) is 5.69 Å². The van der Waals surface area contributed by atoms with Crippen LogP contribution in [0, 0.1) is 10.1 Å². The number of nitro benzene ring substituents is 1. The summed E-state index contributed by atoms with van der Waals surface area (Å²) in [4.78, 5) is 31.4. The molecule has 0 aliphatic heterocycles. The van der Waals surface area contributed by atoms with E-state index in [4.69, 9.17) is 10.2 Å². The second-order valence-electron chi connectivity index (χ2n) is 4.13. The van der Waals surface area contributed by atoms with E-state index in [1.807, 2.05) is 0 Å². The van der Waals surface area contributed by atoms with Gasteiger partial charge in [0.25, 0.3) is 5.69 Å². The zero-order chi connectivity index (χ0) is 15.1. The van der Waals surface area contributed by atoms with Crippen LogP contribution in [-0.4, -0.2) is 33.1 Å². The first kappa shape index (κ1) is 15.6. The van der Waals surface area contributed by atoms with E-state index in [0.717, 1.165) is 0 Å². The standard InChI is InChI=1S/C12H14N2O6/c15-11(16)5-4-10(12(17)18)13-7-8-2-1-3-9(6-8)14(19)20/h1-3,6,10,13H,4-5,7H2,(H,15,16)(H,17,18). The third kappa shape index (κ3) is 5.02. The lowest BCUT2D eigenvalue weighted by Gasteiger charge is -2.13. The van der Waals surface area contributed by atoms with Crippen LogP contribution in [0.5, 0.6) is 0 Å². The van der Waals surface area contributed by atoms with E-state index in [0.29, 0.717) is 5.56 Å². The molecule has 1 aromatic carbocycles. The zero-order valence-electron chi connectivity index (χ0n) is 10.5. The van der Waals surface area contributed by atoms with Gasteiger partial charge in [-0.05, 0) is 12.0 Å². The molecular formula is C12H14N2O6. The Hall–Kier alpha value is -2.48. The van der Waals surface area contributed by atoms with Crippen molar-refractivity contribution in [2.24, 2.45) is 0 Å². The van der Waals surface area contributed by atoms with Gasteiger partial charge in [-0.3, -0.25) is 19.7 Å². The van der Waals surface area contributed by atoms with E-state index >= 15 is 0 Å². The highest BCUT2D eigenvalue weighted by atomic mass is 16.6. The largest absolute Gasteiger partial charge is 0.481 e. The van der Waals surface area contributed by atoms with Gasteiger partial charge >= 0.3 is 11.9 Å². The maximum absolute atomic E-state index is 10.9. The Morgan fingerprint density at radius 3 is 2.60 bits per heavy atom. The number of rotatable bonds is 8. The molecule has 0 amide bonds. The highest BCUT2D eigenvalue weighted by Gasteiger charge is 2.18. The van der Waals surface area contributed by atoms with E-state index in [1.165, 1.54) is 18.2 Å². The first-order valence-electron chi connectivity index (χ1n) is 5.81. The third-order valence-corrected chi connectivity index (χ3v) is 2.62. The van der Waals surface area contributed by atoms with Crippen molar-refractivity contribution in [3.63, 3.8) is 0 Å². The third-order valence-electron chi connectivity index (χ3n) is 2.62. The number of carboxylic acid groups (broad SMARTS) is 2. The summed E-state index contributed by atoms with van der Waals surface area (Å²) in [6.45, 7) is 0.109. The molecule has 0 aliphatic rings. The van der Waals surface area contributed by atoms with Crippen molar-refractivity contribution in [1.82, 2.24) is 5.32 Å². The highest BCUT2D eigenvalue weighted by molar-refractivity contribution is 5.75. The van der Waals surface area contributed by atoms with Gasteiger partial charge in [-0.1, -0.05) is 12.1 Å². The number of non-ortho nitro benzene ring substituents is 1. The Kier molecular flexibility index (Phi) is 5.60. The minimum atomic E-state index is -1.16. The summed E-state index contributed by atoms with van der Waals surface area (Å²) in [7, 11) is 0. The van der Waals surface area contributed by atoms with Crippen molar-refractivity contribution >= 4 is 17.6 Å². The van der Waals surface area contributed by atoms with E-state index in [9.17, 15) is 19.7 Å². The van der Waals surface area contributed by atoms with Crippen LogP contribution in [0.25, 0.3) is 0 Å². The topological polar surface area (TPSA) is 130 Å². The van der Waals surface area contributed by atoms with E-state index < -0.39 is 22.9 Å². The van der Waals surface area contributed by atoms with Crippen LogP contribution in [-0.2, 0) is 16.1 Å². The molecule has 0 saturated carbocycles. The molecule has 0 aliphatic carbocycles. The molecule has 0 radical (unpaired) electrons. The molecule has 0 bridgehead atoms. The second-order valence-corrected chi connectivity index (χ2v) is 4.13. The number of nitrogens with one attached hydrogen (secondary N) is 1. The van der Waals surface area contributed by atoms with Crippen molar-refractivity contribution in [1.29, 1.82) is 0 Å². The highest BCUT2D eigenvalue weighted by Crippen LogP contribution is 2.13. The number of benzene rings is 1. The summed E-state index contributed by atoms with van der Waals surface area (Å²) in [5, 5.41) is 30.7. The molecule has 1 rings (SSSR count). The van der Waals surface area contributed by atoms with Crippen LogP contribution in [0.2, 0.25) is 0 Å². The van der Waals surface area contributed by atoms with Gasteiger partial charge in [0.15, 0.2) is 0 Å². The number of nitrogens with zero attached hydrogens (tertiary/aromatic N) is 1. The molecule has 8 nitrogen and oxygen atoms in total. The van der Waals surface area contributed by atoms with Gasteiger partial charge < -0.3 is 15.5 Å². The predicted molar refractivity (Wildman–Crippen MR) is 68.2 cm³/mol. The van der Waals surface area contributed by atoms with E-state index in [1.54, 1.807) is 6.07 Å². The summed E-state index contributed by atoms with van der Waals surface area (Å²) < 4.78 is 0. The monoisotopic (exact) mass is 282 g/mol. The second kappa shape index (κ2) is 7.19. The van der Waals surface area contributed by atoms with Gasteiger partial charge in [0.1, 0.15) is 6.04 Å². The van der Waals surface area contributed by atoms with Crippen molar-refractivity contribution in [2.75, 3.05) is 0 Å². The number of nitro groups is 1. The normalized spacial score (nSPS) is 11.8. The SMILES string of the molecule is O=C(O)CCC(NCc1cccc([N+](=O)[O-])c1)C(=O)O. The van der Waals surface area contributed by atoms with Gasteiger partial charge in [0.2, 0.25) is 0 Å². The fourth-order valence-corrected chi connectivity index (χ4v) is 1.60. The molecule has 8 heteroatoms. The van der Waals surface area contributed by atoms with Gasteiger partial charge in [0, 0.05) is 25.1 Å². The number of aliphatic carboxylic acids is 2. The Morgan fingerprint density at radius 2 is 2.05 bits per heavy atom. The Morgan fingerprint density at radius 1 is 1.35 bits per heavy atom. The van der Waals surface area contributed by atoms with Crippen LogP contribution in [0.3, 0.4) is 0 Å². The van der Waals surface area contributed by atoms with E-state index in [-0.39, 0.29) is 25.1 Å². The predicted octanol–water partition coefficient (Wildman–Crippen LogP) is 1.00. The minimum Gasteiger partial charge on any atom is -0.481 e. The average Bonchev–Trinajstić information content (AvgIpc) is 2.38. The first-order valence-corrected chi connectivity index (χ1v) is 5.81.